The molecule has 1 aromatic heterocycles. The van der Waals surface area contributed by atoms with Crippen molar-refractivity contribution in [3.63, 3.8) is 0 Å². The van der Waals surface area contributed by atoms with E-state index in [4.69, 9.17) is 0 Å². The van der Waals surface area contributed by atoms with Crippen molar-refractivity contribution < 1.29 is 0 Å². The molecule has 2 aromatic carbocycles. The fraction of sp³-hybridized carbons (Fsp3) is 0.375. The van der Waals surface area contributed by atoms with Crippen molar-refractivity contribution in [2.24, 2.45) is 0 Å². The monoisotopic (exact) mass is 745 g/mol. The van der Waals surface area contributed by atoms with Crippen LogP contribution in [0.4, 0.5) is 0 Å². The summed E-state index contributed by atoms with van der Waals surface area (Å²) in [6.07, 6.45) is 8.41. The molecule has 3 aromatic rings. The van der Waals surface area contributed by atoms with Crippen molar-refractivity contribution >= 4 is 22.1 Å². The van der Waals surface area contributed by atoms with Gasteiger partial charge in [0.2, 0.25) is 0 Å². The molecule has 0 atom stereocenters. The van der Waals surface area contributed by atoms with Crippen LogP contribution >= 0.6 is 0 Å². The number of hydrogen-bond donors (Lipinski definition) is 4. The number of fused-ring (bicyclic) bond motifs is 4. The van der Waals surface area contributed by atoms with Crippen LogP contribution in [0.3, 0.4) is 0 Å². The second kappa shape index (κ2) is 17.5. The number of unbranched alkanes of at least 4 members (excludes halogenated alkanes) is 3. The third-order valence-corrected chi connectivity index (χ3v) is 9.73. The summed E-state index contributed by atoms with van der Waals surface area (Å²) in [6.45, 7) is 14.4. The molecule has 15 heteroatoms. The number of aromatic nitrogens is 9. The van der Waals surface area contributed by atoms with E-state index in [1.807, 2.05) is 79.4 Å². The third kappa shape index (κ3) is 9.07. The quantitative estimate of drug-likeness (QED) is 0.0991. The van der Waals surface area contributed by atoms with Gasteiger partial charge in [0.15, 0.2) is 23.0 Å². The van der Waals surface area contributed by atoms with Crippen molar-refractivity contribution in [2.75, 3.05) is 19.6 Å². The first-order chi connectivity index (χ1) is 26.5. The highest BCUT2D eigenvalue weighted by molar-refractivity contribution is 5.82. The summed E-state index contributed by atoms with van der Waals surface area (Å²) >= 11 is 0. The van der Waals surface area contributed by atoms with Gasteiger partial charge >= 0.3 is 11.4 Å². The summed E-state index contributed by atoms with van der Waals surface area (Å²) in [4.78, 5) is 73.6. The zero-order valence-electron chi connectivity index (χ0n) is 32.0. The number of rotatable bonds is 13. The maximum Gasteiger partial charge on any atom is 0.349 e. The molecule has 4 aliphatic rings. The first kappa shape index (κ1) is 38.8. The molecule has 0 saturated carbocycles. The largest absolute Gasteiger partial charge is 0.349 e. The number of aromatic amines is 2. The average molecular weight is 746 g/mol. The summed E-state index contributed by atoms with van der Waals surface area (Å²) in [6, 6.07) is 11.9. The van der Waals surface area contributed by atoms with Crippen molar-refractivity contribution in [3.8, 4) is 23.0 Å². The van der Waals surface area contributed by atoms with E-state index in [1.165, 1.54) is 19.3 Å². The molecule has 0 aliphatic carbocycles. The molecular formula is C40H47N11O4. The Balaban J connectivity index is 0.000000187. The number of benzene rings is 2. The molecular weight excluding hydrogens is 699 g/mol. The molecule has 0 unspecified atom stereocenters. The molecule has 286 valence electrons. The minimum atomic E-state index is -0.667. The van der Waals surface area contributed by atoms with Crippen molar-refractivity contribution in [3.05, 3.63) is 118 Å². The lowest BCUT2D eigenvalue weighted by atomic mass is 10.1. The highest BCUT2D eigenvalue weighted by atomic mass is 16.2. The highest BCUT2D eigenvalue weighted by Crippen LogP contribution is 2.25. The van der Waals surface area contributed by atoms with E-state index >= 15 is 0 Å². The Bertz CT molecular complexity index is 2610. The van der Waals surface area contributed by atoms with E-state index in [-0.39, 0.29) is 11.4 Å². The third-order valence-electron chi connectivity index (χ3n) is 9.73. The Kier molecular flexibility index (Phi) is 12.3. The number of nitrogens with one attached hydrogen (secondary N) is 4. The van der Waals surface area contributed by atoms with E-state index in [0.29, 0.717) is 43.3 Å². The summed E-state index contributed by atoms with van der Waals surface area (Å²) in [5.74, 6) is 0.639. The zero-order chi connectivity index (χ0) is 39.1. The van der Waals surface area contributed by atoms with Gasteiger partial charge in [-0.25, -0.2) is 19.6 Å². The highest BCUT2D eigenvalue weighted by Gasteiger charge is 2.20. The first-order valence-electron chi connectivity index (χ1n) is 18.7. The Morgan fingerprint density at radius 2 is 1.16 bits per heavy atom. The number of H-pyrrole nitrogens is 2. The molecule has 4 aliphatic heterocycles. The minimum Gasteiger partial charge on any atom is -0.321 e. The predicted molar refractivity (Wildman–Crippen MR) is 214 cm³/mol. The SMILES string of the molecule is CCCCCCNCCn1c2nc(=O)[nH]c(=O)c-2nc2cc(C)c(C)cc21.Cc1cc2nc3c(=O)[nH]c(=O)nc-3n(CCNCc3cccnc3)c2cc1C. The summed E-state index contributed by atoms with van der Waals surface area (Å²) in [5, 5.41) is 6.81. The average Bonchev–Trinajstić information content (AvgIpc) is 3.15. The van der Waals surface area contributed by atoms with Crippen molar-refractivity contribution in [1.82, 2.24) is 54.7 Å². The lowest BCUT2D eigenvalue weighted by molar-refractivity contribution is 0.564. The second-order valence-corrected chi connectivity index (χ2v) is 13.8. The zero-order valence-corrected chi connectivity index (χ0v) is 32.0. The Hall–Kier alpha value is -5.93. The van der Waals surface area contributed by atoms with Gasteiger partial charge in [-0.1, -0.05) is 32.3 Å². The van der Waals surface area contributed by atoms with Crippen LogP contribution in [0, 0.1) is 27.7 Å². The molecule has 0 saturated heterocycles. The number of nitrogens with zero attached hydrogens (tertiary/aromatic N) is 7. The topological polar surface area (TPSA) is 198 Å². The molecule has 0 spiro atoms. The Morgan fingerprint density at radius 1 is 0.636 bits per heavy atom. The van der Waals surface area contributed by atoms with Gasteiger partial charge in [-0.2, -0.15) is 9.97 Å². The molecule has 15 nitrogen and oxygen atoms in total. The van der Waals surface area contributed by atoms with Crippen LogP contribution in [0.15, 0.2) is 68.0 Å². The molecule has 7 rings (SSSR count). The first-order valence-corrected chi connectivity index (χ1v) is 18.7. The lowest BCUT2D eigenvalue weighted by Gasteiger charge is -2.18. The van der Waals surface area contributed by atoms with Crippen LogP contribution < -0.4 is 33.1 Å². The number of hydrogen-bond acceptors (Lipinski definition) is 11. The van der Waals surface area contributed by atoms with Crippen LogP contribution in [0.5, 0.6) is 0 Å². The second-order valence-electron chi connectivity index (χ2n) is 13.8. The molecule has 0 amide bonds. The van der Waals surface area contributed by atoms with Gasteiger partial charge in [0.1, 0.15) is 0 Å². The summed E-state index contributed by atoms with van der Waals surface area (Å²) in [5.41, 5.74) is 6.74. The molecule has 4 N–H and O–H groups in total. The lowest BCUT2D eigenvalue weighted by Crippen LogP contribution is -2.30. The van der Waals surface area contributed by atoms with Gasteiger partial charge < -0.3 is 19.8 Å². The molecule has 0 bridgehead atoms. The van der Waals surface area contributed by atoms with Gasteiger partial charge in [0.25, 0.3) is 11.1 Å². The fourth-order valence-electron chi connectivity index (χ4n) is 6.47. The van der Waals surface area contributed by atoms with Crippen LogP contribution in [0.1, 0.15) is 60.4 Å². The van der Waals surface area contributed by atoms with Crippen LogP contribution in [0.2, 0.25) is 0 Å². The Labute approximate surface area is 317 Å². The molecule has 0 fully saturated rings. The van der Waals surface area contributed by atoms with Crippen LogP contribution in [-0.2, 0) is 19.6 Å². The van der Waals surface area contributed by atoms with E-state index in [2.05, 4.69) is 52.4 Å². The number of pyridine rings is 1. The maximum atomic E-state index is 12.3. The van der Waals surface area contributed by atoms with E-state index in [1.54, 1.807) is 6.20 Å². The summed E-state index contributed by atoms with van der Waals surface area (Å²) < 4.78 is 3.82. The summed E-state index contributed by atoms with van der Waals surface area (Å²) in [7, 11) is 0. The van der Waals surface area contributed by atoms with E-state index < -0.39 is 22.5 Å². The van der Waals surface area contributed by atoms with E-state index in [9.17, 15) is 19.2 Å². The van der Waals surface area contributed by atoms with Crippen LogP contribution in [-0.4, -0.2) is 63.7 Å². The van der Waals surface area contributed by atoms with Gasteiger partial charge in [-0.3, -0.25) is 24.5 Å². The van der Waals surface area contributed by atoms with Gasteiger partial charge in [0, 0.05) is 45.1 Å². The molecule has 55 heavy (non-hydrogen) atoms. The molecule has 0 radical (unpaired) electrons. The van der Waals surface area contributed by atoms with Gasteiger partial charge in [-0.05, 0) is 98.8 Å². The van der Waals surface area contributed by atoms with Gasteiger partial charge in [-0.15, -0.1) is 0 Å². The minimum absolute atomic E-state index is 0.169. The van der Waals surface area contributed by atoms with Gasteiger partial charge in [0.05, 0.1) is 22.1 Å². The normalized spacial score (nSPS) is 11.4. The van der Waals surface area contributed by atoms with Crippen LogP contribution in [0.25, 0.3) is 45.1 Å². The van der Waals surface area contributed by atoms with Crippen molar-refractivity contribution in [2.45, 2.75) is 79.9 Å². The molecule has 5 heterocycles. The van der Waals surface area contributed by atoms with E-state index in [0.717, 1.165) is 63.9 Å². The number of aryl methyl sites for hydroxylation is 4. The Morgan fingerprint density at radius 3 is 1.67 bits per heavy atom. The predicted octanol–water partition coefficient (Wildman–Crippen LogP) is 3.76. The standard InChI is InChI=1S/C20H20N6O2.C20H27N5O2/c1-12-8-15-16(9-13(12)2)26(7-6-22-11-14-4-3-5-21-10-14)18-17(23-15)19(27)25-20(28)24-18;1-4-5-6-7-8-21-9-10-25-16-12-14(3)13(2)11-15(16)22-17-18(25)23-20(27)24-19(17)26/h3-5,8-10,22H,6-7,11H2,1-2H3,(H,25,27,28);11-12,21H,4-10H2,1-3H3,(H,24,26,27). The fourth-order valence-corrected chi connectivity index (χ4v) is 6.47. The van der Waals surface area contributed by atoms with Crippen molar-refractivity contribution in [1.29, 1.82) is 0 Å². The maximum absolute atomic E-state index is 12.3. The smallest absolute Gasteiger partial charge is 0.321 e.